The Morgan fingerprint density at radius 3 is 2.52 bits per heavy atom. The fraction of sp³-hybridized carbons (Fsp3) is 0.348. The molecule has 0 aliphatic carbocycles. The third-order valence-corrected chi connectivity index (χ3v) is 4.90. The Balaban J connectivity index is 1.67. The summed E-state index contributed by atoms with van der Waals surface area (Å²) in [7, 11) is 0. The second kappa shape index (κ2) is 10.4. The van der Waals surface area contributed by atoms with Gasteiger partial charge in [-0.1, -0.05) is 6.07 Å². The van der Waals surface area contributed by atoms with Gasteiger partial charge in [0.2, 0.25) is 5.88 Å². The van der Waals surface area contributed by atoms with E-state index in [0.29, 0.717) is 37.7 Å². The number of ether oxygens (including phenoxy) is 2. The van der Waals surface area contributed by atoms with E-state index in [1.807, 2.05) is 26.0 Å². The van der Waals surface area contributed by atoms with E-state index >= 15 is 0 Å². The molecule has 0 unspecified atom stereocenters. The highest BCUT2D eigenvalue weighted by Crippen LogP contribution is 2.29. The van der Waals surface area contributed by atoms with Gasteiger partial charge in [0.25, 0.3) is 0 Å². The molecule has 0 atom stereocenters. The molecule has 1 aromatic carbocycles. The van der Waals surface area contributed by atoms with Crippen LogP contribution in [-0.2, 0) is 23.8 Å². The molecule has 0 saturated carbocycles. The molecule has 0 saturated heterocycles. The second-order valence-corrected chi connectivity index (χ2v) is 7.32. The lowest BCUT2D eigenvalue weighted by atomic mass is 10.0. The van der Waals surface area contributed by atoms with Gasteiger partial charge in [-0.25, -0.2) is 9.67 Å². The first kappa shape index (κ1) is 24.1. The third kappa shape index (κ3) is 6.47. The Kier molecular flexibility index (Phi) is 7.57. The van der Waals surface area contributed by atoms with Gasteiger partial charge in [-0.05, 0) is 55.7 Å². The van der Waals surface area contributed by atoms with Crippen molar-refractivity contribution in [1.82, 2.24) is 14.8 Å². The van der Waals surface area contributed by atoms with E-state index in [0.717, 1.165) is 29.0 Å². The number of hydrogen-bond donors (Lipinski definition) is 1. The van der Waals surface area contributed by atoms with Gasteiger partial charge in [-0.2, -0.15) is 13.2 Å². The number of hydrogen-bond acceptors (Lipinski definition) is 5. The first-order valence-corrected chi connectivity index (χ1v) is 10.4. The number of benzene rings is 1. The summed E-state index contributed by atoms with van der Waals surface area (Å²) in [5.41, 5.74) is 1.80. The highest BCUT2D eigenvalue weighted by Gasteiger charge is 2.30. The quantitative estimate of drug-likeness (QED) is 0.472. The standard InChI is InChI=1S/C23H24F3N3O4/c1-3-32-22-17(14-29(28-22)20-8-6-18(13-27-20)23(24,25)26)10-11-33-19-7-4-16(15(2)12-19)5-9-21(30)31/h4,6-8,12-14H,3,5,9-11H2,1-2H3,(H,30,31). The fourth-order valence-corrected chi connectivity index (χ4v) is 3.19. The van der Waals surface area contributed by atoms with E-state index < -0.39 is 17.7 Å². The molecule has 2 aromatic heterocycles. The molecule has 0 spiro atoms. The summed E-state index contributed by atoms with van der Waals surface area (Å²) >= 11 is 0. The van der Waals surface area contributed by atoms with Gasteiger partial charge in [0.15, 0.2) is 5.82 Å². The average molecular weight is 463 g/mol. The number of halogens is 3. The number of carboxylic acids is 1. The van der Waals surface area contributed by atoms with E-state index in [1.165, 1.54) is 10.7 Å². The normalized spacial score (nSPS) is 11.4. The molecule has 0 amide bonds. The number of aromatic nitrogens is 3. The maximum Gasteiger partial charge on any atom is 0.417 e. The molecule has 0 aliphatic heterocycles. The Labute approximate surface area is 188 Å². The Morgan fingerprint density at radius 1 is 1.12 bits per heavy atom. The Hall–Kier alpha value is -3.56. The summed E-state index contributed by atoms with van der Waals surface area (Å²) < 4.78 is 51.1. The smallest absolute Gasteiger partial charge is 0.417 e. The van der Waals surface area contributed by atoms with Crippen LogP contribution in [0.5, 0.6) is 11.6 Å². The number of alkyl halides is 3. The largest absolute Gasteiger partial charge is 0.493 e. The molecule has 3 aromatic rings. The minimum absolute atomic E-state index is 0.0685. The van der Waals surface area contributed by atoms with Gasteiger partial charge in [0, 0.05) is 30.8 Å². The van der Waals surface area contributed by atoms with Crippen molar-refractivity contribution in [2.24, 2.45) is 0 Å². The van der Waals surface area contributed by atoms with Crippen LogP contribution in [-0.4, -0.2) is 39.1 Å². The van der Waals surface area contributed by atoms with Crippen LogP contribution in [0.2, 0.25) is 0 Å². The van der Waals surface area contributed by atoms with Gasteiger partial charge in [0.05, 0.1) is 18.8 Å². The van der Waals surface area contributed by atoms with E-state index in [4.69, 9.17) is 14.6 Å². The zero-order valence-electron chi connectivity index (χ0n) is 18.2. The number of aliphatic carboxylic acids is 1. The van der Waals surface area contributed by atoms with Crippen molar-refractivity contribution in [2.45, 2.75) is 39.3 Å². The first-order chi connectivity index (χ1) is 15.7. The van der Waals surface area contributed by atoms with E-state index in [9.17, 15) is 18.0 Å². The molecule has 1 N–H and O–H groups in total. The summed E-state index contributed by atoms with van der Waals surface area (Å²) in [5.74, 6) is 0.417. The minimum Gasteiger partial charge on any atom is -0.493 e. The molecule has 7 nitrogen and oxygen atoms in total. The summed E-state index contributed by atoms with van der Waals surface area (Å²) in [5, 5.41) is 13.1. The number of carboxylic acid groups (broad SMARTS) is 1. The van der Waals surface area contributed by atoms with E-state index in [2.05, 4.69) is 10.1 Å². The first-order valence-electron chi connectivity index (χ1n) is 10.4. The summed E-state index contributed by atoms with van der Waals surface area (Å²) in [4.78, 5) is 14.6. The SMILES string of the molecule is CCOc1nn(-c2ccc(C(F)(F)F)cn2)cc1CCOc1ccc(CCC(=O)O)c(C)c1. The van der Waals surface area contributed by atoms with Crippen LogP contribution in [0, 0.1) is 6.92 Å². The molecule has 33 heavy (non-hydrogen) atoms. The average Bonchev–Trinajstić information content (AvgIpc) is 3.15. The summed E-state index contributed by atoms with van der Waals surface area (Å²) in [6.07, 6.45) is -1.06. The van der Waals surface area contributed by atoms with Crippen molar-refractivity contribution in [3.05, 3.63) is 65.0 Å². The molecule has 0 fully saturated rings. The van der Waals surface area contributed by atoms with E-state index in [1.54, 1.807) is 12.3 Å². The summed E-state index contributed by atoms with van der Waals surface area (Å²) in [6.45, 7) is 4.41. The highest BCUT2D eigenvalue weighted by atomic mass is 19.4. The van der Waals surface area contributed by atoms with Gasteiger partial charge >= 0.3 is 12.1 Å². The molecular weight excluding hydrogens is 439 g/mol. The number of rotatable bonds is 10. The lowest BCUT2D eigenvalue weighted by molar-refractivity contribution is -0.138. The van der Waals surface area contributed by atoms with Crippen molar-refractivity contribution < 1.29 is 32.5 Å². The van der Waals surface area contributed by atoms with Crippen LogP contribution in [0.15, 0.2) is 42.7 Å². The predicted octanol–water partition coefficient (Wildman–Crippen LogP) is 4.63. The predicted molar refractivity (Wildman–Crippen MR) is 114 cm³/mol. The van der Waals surface area contributed by atoms with Crippen molar-refractivity contribution in [3.63, 3.8) is 0 Å². The number of aryl methyl sites for hydroxylation is 2. The molecule has 3 rings (SSSR count). The van der Waals surface area contributed by atoms with Crippen molar-refractivity contribution in [1.29, 1.82) is 0 Å². The number of pyridine rings is 1. The topological polar surface area (TPSA) is 86.5 Å². The van der Waals surface area contributed by atoms with Gasteiger partial charge < -0.3 is 14.6 Å². The van der Waals surface area contributed by atoms with Gasteiger partial charge in [-0.3, -0.25) is 4.79 Å². The second-order valence-electron chi connectivity index (χ2n) is 7.32. The molecule has 0 aliphatic rings. The van der Waals surface area contributed by atoms with Crippen LogP contribution in [0.1, 0.15) is 35.6 Å². The van der Waals surface area contributed by atoms with Crippen LogP contribution in [0.3, 0.4) is 0 Å². The number of carbonyl (C=O) groups is 1. The molecule has 0 bridgehead atoms. The van der Waals surface area contributed by atoms with Gasteiger partial charge in [-0.15, -0.1) is 5.10 Å². The zero-order chi connectivity index (χ0) is 24.0. The molecule has 0 radical (unpaired) electrons. The maximum absolute atomic E-state index is 12.8. The third-order valence-electron chi connectivity index (χ3n) is 4.90. The van der Waals surface area contributed by atoms with Crippen LogP contribution < -0.4 is 9.47 Å². The molecule has 2 heterocycles. The molecular formula is C23H24F3N3O4. The Morgan fingerprint density at radius 2 is 1.91 bits per heavy atom. The summed E-state index contributed by atoms with van der Waals surface area (Å²) in [6, 6.07) is 7.71. The fourth-order valence-electron chi connectivity index (χ4n) is 3.19. The van der Waals surface area contributed by atoms with Crippen molar-refractivity contribution >= 4 is 5.97 Å². The molecule has 176 valence electrons. The van der Waals surface area contributed by atoms with Crippen molar-refractivity contribution in [2.75, 3.05) is 13.2 Å². The number of nitrogens with zero attached hydrogens (tertiary/aromatic N) is 3. The lowest BCUT2D eigenvalue weighted by Crippen LogP contribution is -2.07. The Bertz CT molecular complexity index is 1100. The lowest BCUT2D eigenvalue weighted by Gasteiger charge is -2.10. The van der Waals surface area contributed by atoms with E-state index in [-0.39, 0.29) is 12.2 Å². The van der Waals surface area contributed by atoms with Crippen LogP contribution in [0.25, 0.3) is 5.82 Å². The maximum atomic E-state index is 12.8. The van der Waals surface area contributed by atoms with Crippen molar-refractivity contribution in [3.8, 4) is 17.4 Å². The monoisotopic (exact) mass is 463 g/mol. The zero-order valence-corrected chi connectivity index (χ0v) is 18.2. The van der Waals surface area contributed by atoms with Gasteiger partial charge in [0.1, 0.15) is 5.75 Å². The molecule has 10 heteroatoms. The van der Waals surface area contributed by atoms with Crippen LogP contribution >= 0.6 is 0 Å². The minimum atomic E-state index is -4.46. The van der Waals surface area contributed by atoms with Crippen LogP contribution in [0.4, 0.5) is 13.2 Å². The highest BCUT2D eigenvalue weighted by molar-refractivity contribution is 5.67.